The van der Waals surface area contributed by atoms with Gasteiger partial charge >= 0.3 is 5.97 Å². The van der Waals surface area contributed by atoms with E-state index in [9.17, 15) is 4.79 Å². The SMILES string of the molecule is CCCCCCCC/C=C\CCCCCCCC(=O)OCC(COCCCCCCCCCCCC)OCCCCCCCCCCCC. The van der Waals surface area contributed by atoms with Gasteiger partial charge in [0.25, 0.3) is 0 Å². The number of esters is 1. The van der Waals surface area contributed by atoms with Gasteiger partial charge in [-0.1, -0.05) is 200 Å². The van der Waals surface area contributed by atoms with E-state index in [1.807, 2.05) is 0 Å². The van der Waals surface area contributed by atoms with E-state index in [-0.39, 0.29) is 12.1 Å². The summed E-state index contributed by atoms with van der Waals surface area (Å²) in [7, 11) is 0. The molecular weight excluding hydrogens is 604 g/mol. The Bertz CT molecular complexity index is 648. The summed E-state index contributed by atoms with van der Waals surface area (Å²) in [6, 6.07) is 0. The van der Waals surface area contributed by atoms with Crippen molar-refractivity contribution in [1.82, 2.24) is 0 Å². The number of hydrogen-bond donors (Lipinski definition) is 0. The first-order chi connectivity index (χ1) is 24.2. The number of hydrogen-bond acceptors (Lipinski definition) is 4. The number of carbonyl (C=O) groups is 1. The molecule has 0 saturated heterocycles. The molecule has 0 aliphatic carbocycles. The predicted octanol–water partition coefficient (Wildman–Crippen LogP) is 14.8. The summed E-state index contributed by atoms with van der Waals surface area (Å²) >= 11 is 0. The Morgan fingerprint density at radius 3 is 1.24 bits per heavy atom. The zero-order chi connectivity index (χ0) is 35.6. The number of ether oxygens (including phenoxy) is 3. The van der Waals surface area contributed by atoms with Crippen molar-refractivity contribution in [2.75, 3.05) is 26.4 Å². The lowest BCUT2D eigenvalue weighted by Gasteiger charge is -2.18. The maximum absolute atomic E-state index is 12.5. The van der Waals surface area contributed by atoms with Gasteiger partial charge in [0.2, 0.25) is 0 Å². The van der Waals surface area contributed by atoms with Gasteiger partial charge in [0.15, 0.2) is 0 Å². The fourth-order valence-electron chi connectivity index (χ4n) is 6.49. The Balaban J connectivity index is 4.04. The molecule has 0 aromatic carbocycles. The summed E-state index contributed by atoms with van der Waals surface area (Å²) < 4.78 is 17.9. The minimum Gasteiger partial charge on any atom is -0.463 e. The van der Waals surface area contributed by atoms with Crippen LogP contribution in [0.2, 0.25) is 0 Å². The molecule has 0 aromatic heterocycles. The van der Waals surface area contributed by atoms with Crippen LogP contribution in [0.15, 0.2) is 12.2 Å². The van der Waals surface area contributed by atoms with Gasteiger partial charge in [0.1, 0.15) is 12.7 Å². The molecule has 0 aromatic rings. The van der Waals surface area contributed by atoms with Gasteiger partial charge in [-0.15, -0.1) is 0 Å². The molecule has 0 bridgehead atoms. The first-order valence-corrected chi connectivity index (χ1v) is 22.2. The zero-order valence-electron chi connectivity index (χ0n) is 33.7. The van der Waals surface area contributed by atoms with Crippen LogP contribution in [0.5, 0.6) is 0 Å². The molecule has 292 valence electrons. The first-order valence-electron chi connectivity index (χ1n) is 22.2. The molecule has 4 heteroatoms. The van der Waals surface area contributed by atoms with Gasteiger partial charge in [-0.3, -0.25) is 4.79 Å². The highest BCUT2D eigenvalue weighted by Gasteiger charge is 2.13. The second kappa shape index (κ2) is 43.3. The molecule has 0 rings (SSSR count). The van der Waals surface area contributed by atoms with Gasteiger partial charge in [-0.2, -0.15) is 0 Å². The third-order valence-corrected chi connectivity index (χ3v) is 9.87. The second-order valence-electron chi connectivity index (χ2n) is 14.9. The number of allylic oxidation sites excluding steroid dienone is 2. The molecule has 0 N–H and O–H groups in total. The molecule has 0 aliphatic heterocycles. The minimum absolute atomic E-state index is 0.0835. The van der Waals surface area contributed by atoms with Gasteiger partial charge in [0.05, 0.1) is 6.61 Å². The van der Waals surface area contributed by atoms with Crippen molar-refractivity contribution in [3.05, 3.63) is 12.2 Å². The van der Waals surface area contributed by atoms with Crippen molar-refractivity contribution in [2.45, 2.75) is 245 Å². The van der Waals surface area contributed by atoms with Crippen LogP contribution in [0.4, 0.5) is 0 Å². The van der Waals surface area contributed by atoms with E-state index in [1.54, 1.807) is 0 Å². The maximum Gasteiger partial charge on any atom is 0.305 e. The van der Waals surface area contributed by atoms with E-state index in [0.29, 0.717) is 19.6 Å². The normalized spacial score (nSPS) is 12.3. The van der Waals surface area contributed by atoms with Crippen LogP contribution in [-0.4, -0.2) is 38.5 Å². The fourth-order valence-corrected chi connectivity index (χ4v) is 6.49. The fraction of sp³-hybridized carbons (Fsp3) is 0.933. The van der Waals surface area contributed by atoms with Crippen molar-refractivity contribution in [1.29, 1.82) is 0 Å². The average molecular weight is 693 g/mol. The largest absolute Gasteiger partial charge is 0.463 e. The van der Waals surface area contributed by atoms with Crippen LogP contribution >= 0.6 is 0 Å². The van der Waals surface area contributed by atoms with Crippen molar-refractivity contribution in [3.63, 3.8) is 0 Å². The standard InChI is InChI=1S/C45H88O4/c1-4-7-10-13-16-19-22-23-24-25-26-27-30-33-36-39-45(46)49-43-44(48-41-38-35-32-29-21-18-15-12-9-6-3)42-47-40-37-34-31-28-20-17-14-11-8-5-2/h23-24,44H,4-22,25-43H2,1-3H3/b24-23-. The molecule has 0 amide bonds. The highest BCUT2D eigenvalue weighted by molar-refractivity contribution is 5.69. The highest BCUT2D eigenvalue weighted by atomic mass is 16.6. The summed E-state index contributed by atoms with van der Waals surface area (Å²) in [5.74, 6) is -0.0835. The highest BCUT2D eigenvalue weighted by Crippen LogP contribution is 2.14. The lowest BCUT2D eigenvalue weighted by Crippen LogP contribution is -2.28. The lowest BCUT2D eigenvalue weighted by molar-refractivity contribution is -0.150. The number of rotatable bonds is 42. The molecule has 0 heterocycles. The predicted molar refractivity (Wildman–Crippen MR) is 215 cm³/mol. The van der Waals surface area contributed by atoms with Crippen LogP contribution in [0.1, 0.15) is 239 Å². The Morgan fingerprint density at radius 1 is 0.429 bits per heavy atom. The molecule has 0 aliphatic rings. The van der Waals surface area contributed by atoms with Gasteiger partial charge < -0.3 is 14.2 Å². The quantitative estimate of drug-likeness (QED) is 0.0363. The lowest BCUT2D eigenvalue weighted by atomic mass is 10.1. The van der Waals surface area contributed by atoms with E-state index >= 15 is 0 Å². The summed E-state index contributed by atoms with van der Waals surface area (Å²) in [5.41, 5.74) is 0. The van der Waals surface area contributed by atoms with Gasteiger partial charge in [-0.05, 0) is 44.9 Å². The van der Waals surface area contributed by atoms with Crippen LogP contribution in [0.3, 0.4) is 0 Å². The molecule has 1 atom stereocenters. The third kappa shape index (κ3) is 41.4. The van der Waals surface area contributed by atoms with E-state index in [1.165, 1.54) is 186 Å². The Hall–Kier alpha value is -0.870. The van der Waals surface area contributed by atoms with Crippen molar-refractivity contribution >= 4 is 5.97 Å². The summed E-state index contributed by atoms with van der Waals surface area (Å²) in [5, 5.41) is 0. The Kier molecular flexibility index (Phi) is 42.5. The van der Waals surface area contributed by atoms with E-state index < -0.39 is 0 Å². The molecule has 1 unspecified atom stereocenters. The Morgan fingerprint density at radius 2 is 0.796 bits per heavy atom. The minimum atomic E-state index is -0.153. The third-order valence-electron chi connectivity index (χ3n) is 9.87. The molecule has 0 radical (unpaired) electrons. The van der Waals surface area contributed by atoms with E-state index in [4.69, 9.17) is 14.2 Å². The molecule has 0 spiro atoms. The van der Waals surface area contributed by atoms with Crippen LogP contribution in [0, 0.1) is 0 Å². The van der Waals surface area contributed by atoms with Crippen LogP contribution in [0.25, 0.3) is 0 Å². The summed E-state index contributed by atoms with van der Waals surface area (Å²) in [6.45, 7) is 9.19. The first kappa shape index (κ1) is 48.1. The second-order valence-corrected chi connectivity index (χ2v) is 14.9. The maximum atomic E-state index is 12.5. The van der Waals surface area contributed by atoms with Gasteiger partial charge in [0, 0.05) is 19.6 Å². The van der Waals surface area contributed by atoms with Gasteiger partial charge in [-0.25, -0.2) is 0 Å². The number of carbonyl (C=O) groups excluding carboxylic acids is 1. The molecule has 4 nitrogen and oxygen atoms in total. The smallest absolute Gasteiger partial charge is 0.305 e. The topological polar surface area (TPSA) is 44.8 Å². The molecular formula is C45H88O4. The summed E-state index contributed by atoms with van der Waals surface area (Å²) in [6.07, 6.45) is 48.0. The van der Waals surface area contributed by atoms with Crippen molar-refractivity contribution < 1.29 is 19.0 Å². The average Bonchev–Trinajstić information content (AvgIpc) is 3.11. The van der Waals surface area contributed by atoms with E-state index in [2.05, 4.69) is 32.9 Å². The summed E-state index contributed by atoms with van der Waals surface area (Å²) in [4.78, 5) is 12.5. The number of unbranched alkanes of at least 4 members (excludes halogenated alkanes) is 29. The van der Waals surface area contributed by atoms with Crippen molar-refractivity contribution in [2.24, 2.45) is 0 Å². The van der Waals surface area contributed by atoms with Crippen LogP contribution < -0.4 is 0 Å². The molecule has 0 fully saturated rings. The molecule has 0 saturated carbocycles. The Labute approximate surface area is 308 Å². The van der Waals surface area contributed by atoms with E-state index in [0.717, 1.165) is 38.9 Å². The van der Waals surface area contributed by atoms with Crippen LogP contribution in [-0.2, 0) is 19.0 Å². The molecule has 49 heavy (non-hydrogen) atoms. The van der Waals surface area contributed by atoms with Crippen molar-refractivity contribution in [3.8, 4) is 0 Å². The zero-order valence-corrected chi connectivity index (χ0v) is 33.7. The monoisotopic (exact) mass is 693 g/mol.